The first-order valence-corrected chi connectivity index (χ1v) is 13.9. The summed E-state index contributed by atoms with van der Waals surface area (Å²) in [5.74, 6) is 0. The Morgan fingerprint density at radius 1 is 0.968 bits per heavy atom. The van der Waals surface area contributed by atoms with E-state index in [0.29, 0.717) is 5.04 Å². The summed E-state index contributed by atoms with van der Waals surface area (Å²) in [6.45, 7) is 18.3. The zero-order valence-electron chi connectivity index (χ0n) is 20.8. The highest BCUT2D eigenvalue weighted by Gasteiger charge is 2.42. The zero-order chi connectivity index (χ0) is 23.1. The summed E-state index contributed by atoms with van der Waals surface area (Å²) in [6, 6.07) is 16.6. The second-order valence-corrected chi connectivity index (χ2v) is 15.8. The van der Waals surface area contributed by atoms with Crippen molar-refractivity contribution in [3.63, 3.8) is 0 Å². The van der Waals surface area contributed by atoms with Gasteiger partial charge in [-0.15, -0.1) is 0 Å². The first-order chi connectivity index (χ1) is 14.5. The molecule has 0 N–H and O–H groups in total. The lowest BCUT2D eigenvalue weighted by molar-refractivity contribution is -0.659. The smallest absolute Gasteiger partial charge is 0.200 e. The molecule has 0 amide bonds. The molecule has 3 aromatic rings. The van der Waals surface area contributed by atoms with Crippen LogP contribution >= 0.6 is 0 Å². The van der Waals surface area contributed by atoms with E-state index in [1.54, 1.807) is 5.19 Å². The molecular weight excluding hydrogens is 392 g/mol. The molecule has 0 bridgehead atoms. The maximum atomic E-state index is 9.58. The summed E-state index contributed by atoms with van der Waals surface area (Å²) in [5.41, 5.74) is 6.58. The van der Waals surface area contributed by atoms with Crippen LogP contribution in [0.2, 0.25) is 17.1 Å². The minimum Gasteiger partial charge on any atom is -0.200 e. The molecule has 1 heterocycles. The van der Waals surface area contributed by atoms with E-state index in [1.807, 2.05) is 6.92 Å². The molecule has 0 atom stereocenters. The predicted octanol–water partition coefficient (Wildman–Crippen LogP) is 6.62. The first kappa shape index (κ1) is 23.2. The van der Waals surface area contributed by atoms with Crippen LogP contribution in [0, 0.1) is 32.1 Å². The summed E-state index contributed by atoms with van der Waals surface area (Å²) < 4.78 is 2.23. The van der Waals surface area contributed by atoms with Crippen molar-refractivity contribution in [2.45, 2.75) is 72.5 Å². The average molecular weight is 430 g/mol. The minimum absolute atomic E-state index is 0.324. The Morgan fingerprint density at radius 2 is 1.61 bits per heavy atom. The summed E-state index contributed by atoms with van der Waals surface area (Å²) in [6.07, 6.45) is 2.18. The predicted molar refractivity (Wildman–Crippen MR) is 136 cm³/mol. The number of rotatable bonds is 4. The number of nitriles is 1. The van der Waals surface area contributed by atoms with Crippen LogP contribution in [0.15, 0.2) is 36.5 Å². The van der Waals surface area contributed by atoms with Gasteiger partial charge in [0.25, 0.3) is 0 Å². The molecule has 0 unspecified atom stereocenters. The van der Waals surface area contributed by atoms with Crippen molar-refractivity contribution in [2.75, 3.05) is 0 Å². The van der Waals surface area contributed by atoms with Crippen molar-refractivity contribution >= 4 is 24.0 Å². The van der Waals surface area contributed by atoms with Gasteiger partial charge < -0.3 is 0 Å². The van der Waals surface area contributed by atoms with Crippen LogP contribution < -0.4 is 9.75 Å². The third kappa shape index (κ3) is 3.62. The minimum atomic E-state index is -1.63. The van der Waals surface area contributed by atoms with Gasteiger partial charge in [-0.1, -0.05) is 64.0 Å². The van der Waals surface area contributed by atoms with Gasteiger partial charge in [0.2, 0.25) is 5.69 Å². The molecular formula is C28H37N2Si+. The molecule has 0 aliphatic rings. The number of fused-ring (bicyclic) bond motifs is 1. The Labute approximate surface area is 189 Å². The number of hydrogen-bond acceptors (Lipinski definition) is 1. The standard InChI is InChI=1S/C28H37N2Si/c1-10-31(11-2,28(6,7)8)23-12-13-24-22(17-23)14-15-30(9)27(24)25-16-19(3)26(18-29)21(5)20(25)4/h12-17H,10-11H2,1-9H3/q+1. The lowest BCUT2D eigenvalue weighted by Crippen LogP contribution is -2.53. The van der Waals surface area contributed by atoms with E-state index in [-0.39, 0.29) is 0 Å². The molecule has 31 heavy (non-hydrogen) atoms. The van der Waals surface area contributed by atoms with E-state index in [2.05, 4.69) is 103 Å². The molecule has 0 radical (unpaired) electrons. The Hall–Kier alpha value is -2.44. The molecule has 2 aromatic carbocycles. The molecule has 0 fully saturated rings. The highest BCUT2D eigenvalue weighted by atomic mass is 28.3. The fourth-order valence-electron chi connectivity index (χ4n) is 5.66. The summed E-state index contributed by atoms with van der Waals surface area (Å²) in [4.78, 5) is 0. The molecule has 2 nitrogen and oxygen atoms in total. The second-order valence-electron chi connectivity index (χ2n) is 10.1. The maximum Gasteiger partial charge on any atom is 0.220 e. The molecule has 3 rings (SSSR count). The largest absolute Gasteiger partial charge is 0.220 e. The van der Waals surface area contributed by atoms with Gasteiger partial charge in [-0.2, -0.15) is 5.26 Å². The van der Waals surface area contributed by atoms with Gasteiger partial charge in [0.15, 0.2) is 6.20 Å². The Balaban J connectivity index is 2.33. The molecule has 0 aliphatic heterocycles. The lowest BCUT2D eigenvalue weighted by Gasteiger charge is -2.42. The topological polar surface area (TPSA) is 27.7 Å². The van der Waals surface area contributed by atoms with Crippen LogP contribution in [-0.2, 0) is 7.05 Å². The summed E-state index contributed by atoms with van der Waals surface area (Å²) in [5, 5.41) is 14.1. The highest BCUT2D eigenvalue weighted by Crippen LogP contribution is 2.41. The molecule has 0 aliphatic carbocycles. The van der Waals surface area contributed by atoms with Crippen molar-refractivity contribution in [3.05, 3.63) is 58.8 Å². The third-order valence-corrected chi connectivity index (χ3v) is 14.5. The van der Waals surface area contributed by atoms with Crippen molar-refractivity contribution < 1.29 is 4.57 Å². The SMILES string of the molecule is CC[Si](CC)(c1ccc2c(-c3cc(C)c(C#N)c(C)c3C)[n+](C)ccc2c1)C(C)(C)C. The fourth-order valence-corrected chi connectivity index (χ4v) is 10.8. The zero-order valence-corrected chi connectivity index (χ0v) is 21.8. The molecule has 0 saturated heterocycles. The van der Waals surface area contributed by atoms with Crippen molar-refractivity contribution in [1.29, 1.82) is 5.26 Å². The van der Waals surface area contributed by atoms with Gasteiger partial charge in [-0.05, 0) is 60.0 Å². The Morgan fingerprint density at radius 3 is 2.16 bits per heavy atom. The van der Waals surface area contributed by atoms with Crippen molar-refractivity contribution in [1.82, 2.24) is 0 Å². The lowest BCUT2D eigenvalue weighted by atomic mass is 9.91. The number of benzene rings is 2. The van der Waals surface area contributed by atoms with E-state index < -0.39 is 8.07 Å². The van der Waals surface area contributed by atoms with Gasteiger partial charge in [-0.25, -0.2) is 4.57 Å². The number of aromatic nitrogens is 1. The van der Waals surface area contributed by atoms with E-state index in [0.717, 1.165) is 16.7 Å². The molecule has 3 heteroatoms. The van der Waals surface area contributed by atoms with E-state index in [1.165, 1.54) is 39.7 Å². The van der Waals surface area contributed by atoms with Crippen LogP contribution in [0.1, 0.15) is 56.9 Å². The number of aryl methyl sites for hydroxylation is 2. The average Bonchev–Trinajstić information content (AvgIpc) is 2.71. The van der Waals surface area contributed by atoms with Gasteiger partial charge in [0, 0.05) is 6.07 Å². The van der Waals surface area contributed by atoms with Crippen LogP contribution in [0.4, 0.5) is 0 Å². The van der Waals surface area contributed by atoms with Crippen LogP contribution in [0.5, 0.6) is 0 Å². The van der Waals surface area contributed by atoms with E-state index in [9.17, 15) is 5.26 Å². The number of hydrogen-bond donors (Lipinski definition) is 0. The Kier molecular flexibility index (Phi) is 6.18. The molecule has 0 saturated carbocycles. The van der Waals surface area contributed by atoms with Crippen LogP contribution in [0.3, 0.4) is 0 Å². The third-order valence-electron chi connectivity index (χ3n) is 7.80. The summed E-state index contributed by atoms with van der Waals surface area (Å²) in [7, 11) is 0.490. The number of nitrogens with zero attached hydrogens (tertiary/aromatic N) is 2. The summed E-state index contributed by atoms with van der Waals surface area (Å²) >= 11 is 0. The molecule has 1 aromatic heterocycles. The quantitative estimate of drug-likeness (QED) is 0.338. The monoisotopic (exact) mass is 429 g/mol. The number of pyridine rings is 1. The van der Waals surface area contributed by atoms with Gasteiger partial charge in [-0.3, -0.25) is 0 Å². The molecule has 162 valence electrons. The molecule has 0 spiro atoms. The van der Waals surface area contributed by atoms with Crippen molar-refractivity contribution in [3.8, 4) is 17.3 Å². The fraction of sp³-hybridized carbons (Fsp3) is 0.429. The van der Waals surface area contributed by atoms with E-state index >= 15 is 0 Å². The van der Waals surface area contributed by atoms with Gasteiger partial charge >= 0.3 is 0 Å². The van der Waals surface area contributed by atoms with Crippen molar-refractivity contribution in [2.24, 2.45) is 7.05 Å². The maximum absolute atomic E-state index is 9.58. The first-order valence-electron chi connectivity index (χ1n) is 11.5. The normalized spacial score (nSPS) is 12.3. The van der Waals surface area contributed by atoms with Crippen LogP contribution in [-0.4, -0.2) is 8.07 Å². The van der Waals surface area contributed by atoms with E-state index in [4.69, 9.17) is 0 Å². The van der Waals surface area contributed by atoms with Gasteiger partial charge in [0.05, 0.1) is 30.7 Å². The van der Waals surface area contributed by atoms with Crippen LogP contribution in [0.25, 0.3) is 22.0 Å². The van der Waals surface area contributed by atoms with Gasteiger partial charge in [0.1, 0.15) is 7.05 Å². The second kappa shape index (κ2) is 8.24. The Bertz CT molecular complexity index is 1190. The highest BCUT2D eigenvalue weighted by molar-refractivity contribution is 6.94.